The second kappa shape index (κ2) is 5.50. The standard InChI is InChI=1S/C13H11BFO2/c15-12-8-11(14-16)6-7-13(12)17-9-10-4-2-1-3-5-10/h1-8,16H,9H2. The summed E-state index contributed by atoms with van der Waals surface area (Å²) in [4.78, 5) is 0. The maximum atomic E-state index is 13.5. The van der Waals surface area contributed by atoms with Crippen molar-refractivity contribution in [2.24, 2.45) is 0 Å². The van der Waals surface area contributed by atoms with E-state index in [9.17, 15) is 4.39 Å². The summed E-state index contributed by atoms with van der Waals surface area (Å²) < 4.78 is 18.8. The molecule has 0 aromatic heterocycles. The van der Waals surface area contributed by atoms with Crippen molar-refractivity contribution in [1.82, 2.24) is 0 Å². The zero-order valence-corrected chi connectivity index (χ0v) is 9.14. The lowest BCUT2D eigenvalue weighted by atomic mass is 9.89. The van der Waals surface area contributed by atoms with Crippen molar-refractivity contribution in [3.63, 3.8) is 0 Å². The first kappa shape index (κ1) is 11.7. The molecule has 1 radical (unpaired) electrons. The van der Waals surface area contributed by atoms with E-state index < -0.39 is 5.82 Å². The molecular formula is C13H11BFO2. The topological polar surface area (TPSA) is 29.5 Å². The van der Waals surface area contributed by atoms with Gasteiger partial charge in [0.05, 0.1) is 0 Å². The van der Waals surface area contributed by atoms with E-state index in [-0.39, 0.29) is 5.75 Å². The Hall–Kier alpha value is -1.81. The Labute approximate surface area is 99.9 Å². The molecule has 17 heavy (non-hydrogen) atoms. The molecule has 2 nitrogen and oxygen atoms in total. The molecule has 2 aromatic carbocycles. The number of halogens is 1. The highest BCUT2D eigenvalue weighted by atomic mass is 19.1. The molecule has 0 bridgehead atoms. The van der Waals surface area contributed by atoms with Crippen LogP contribution in [0.1, 0.15) is 5.56 Å². The quantitative estimate of drug-likeness (QED) is 0.807. The van der Waals surface area contributed by atoms with Gasteiger partial charge in [-0.3, -0.25) is 0 Å². The van der Waals surface area contributed by atoms with Gasteiger partial charge in [0.2, 0.25) is 0 Å². The van der Waals surface area contributed by atoms with Crippen molar-refractivity contribution >= 4 is 12.9 Å². The molecule has 0 aliphatic heterocycles. The summed E-state index contributed by atoms with van der Waals surface area (Å²) in [5, 5.41) is 8.73. The van der Waals surface area contributed by atoms with Crippen LogP contribution in [-0.4, -0.2) is 12.5 Å². The fourth-order valence-corrected chi connectivity index (χ4v) is 1.45. The molecule has 0 atom stereocenters. The van der Waals surface area contributed by atoms with Gasteiger partial charge in [-0.1, -0.05) is 41.9 Å². The second-order valence-corrected chi connectivity index (χ2v) is 3.59. The van der Waals surface area contributed by atoms with E-state index in [0.29, 0.717) is 12.1 Å². The average molecular weight is 229 g/mol. The summed E-state index contributed by atoms with van der Waals surface area (Å²) in [6.07, 6.45) is 0. The van der Waals surface area contributed by atoms with Crippen LogP contribution < -0.4 is 10.2 Å². The molecule has 0 heterocycles. The van der Waals surface area contributed by atoms with Crippen LogP contribution in [0.2, 0.25) is 0 Å². The third-order valence-electron chi connectivity index (χ3n) is 2.34. The van der Waals surface area contributed by atoms with E-state index in [4.69, 9.17) is 9.76 Å². The second-order valence-electron chi connectivity index (χ2n) is 3.59. The lowest BCUT2D eigenvalue weighted by Crippen LogP contribution is -2.14. The summed E-state index contributed by atoms with van der Waals surface area (Å²) in [7, 11) is 0.851. The smallest absolute Gasteiger partial charge is 0.326 e. The van der Waals surface area contributed by atoms with Gasteiger partial charge in [0.15, 0.2) is 11.6 Å². The highest BCUT2D eigenvalue weighted by Gasteiger charge is 2.05. The Morgan fingerprint density at radius 1 is 1.12 bits per heavy atom. The van der Waals surface area contributed by atoms with Crippen LogP contribution in [0, 0.1) is 5.82 Å². The van der Waals surface area contributed by atoms with E-state index >= 15 is 0 Å². The van der Waals surface area contributed by atoms with Crippen LogP contribution in [0.5, 0.6) is 5.75 Å². The van der Waals surface area contributed by atoms with E-state index in [1.54, 1.807) is 6.07 Å². The van der Waals surface area contributed by atoms with Crippen molar-refractivity contribution in [2.45, 2.75) is 6.61 Å². The van der Waals surface area contributed by atoms with Crippen LogP contribution in [-0.2, 0) is 6.61 Å². The summed E-state index contributed by atoms with van der Waals surface area (Å²) in [6.45, 7) is 0.319. The molecule has 0 aliphatic rings. The average Bonchev–Trinajstić information content (AvgIpc) is 2.38. The van der Waals surface area contributed by atoms with E-state index in [2.05, 4.69) is 0 Å². The van der Waals surface area contributed by atoms with Gasteiger partial charge in [-0.15, -0.1) is 0 Å². The maximum absolute atomic E-state index is 13.5. The Balaban J connectivity index is 2.04. The monoisotopic (exact) mass is 229 g/mol. The minimum atomic E-state index is -0.483. The van der Waals surface area contributed by atoms with E-state index in [1.807, 2.05) is 30.3 Å². The molecule has 1 N–H and O–H groups in total. The lowest BCUT2D eigenvalue weighted by Gasteiger charge is -2.07. The van der Waals surface area contributed by atoms with Crippen molar-refractivity contribution < 1.29 is 14.2 Å². The predicted molar refractivity (Wildman–Crippen MR) is 64.8 cm³/mol. The van der Waals surface area contributed by atoms with E-state index in [1.165, 1.54) is 12.1 Å². The zero-order valence-electron chi connectivity index (χ0n) is 9.14. The van der Waals surface area contributed by atoms with Crippen LogP contribution in [0.4, 0.5) is 4.39 Å². The largest absolute Gasteiger partial charge is 0.486 e. The van der Waals surface area contributed by atoms with Gasteiger partial charge >= 0.3 is 7.48 Å². The minimum Gasteiger partial charge on any atom is -0.486 e. The Morgan fingerprint density at radius 2 is 1.88 bits per heavy atom. The summed E-state index contributed by atoms with van der Waals surface area (Å²) in [6, 6.07) is 13.8. The third kappa shape index (κ3) is 3.08. The molecule has 0 amide bonds. The molecule has 0 fully saturated rings. The molecule has 0 saturated carbocycles. The highest BCUT2D eigenvalue weighted by molar-refractivity contribution is 6.45. The molecule has 2 aromatic rings. The number of benzene rings is 2. The van der Waals surface area contributed by atoms with Crippen LogP contribution in [0.15, 0.2) is 48.5 Å². The van der Waals surface area contributed by atoms with Crippen LogP contribution in [0.3, 0.4) is 0 Å². The number of rotatable bonds is 4. The summed E-state index contributed by atoms with van der Waals surface area (Å²) in [5.41, 5.74) is 1.39. The molecule has 85 valence electrons. The van der Waals surface area contributed by atoms with Crippen molar-refractivity contribution in [1.29, 1.82) is 0 Å². The number of hydrogen-bond acceptors (Lipinski definition) is 2. The molecule has 0 unspecified atom stereocenters. The Morgan fingerprint density at radius 3 is 2.53 bits per heavy atom. The fourth-order valence-electron chi connectivity index (χ4n) is 1.45. The molecule has 0 saturated heterocycles. The Kier molecular flexibility index (Phi) is 3.78. The molecule has 2 rings (SSSR count). The fraction of sp³-hybridized carbons (Fsp3) is 0.0769. The van der Waals surface area contributed by atoms with Crippen molar-refractivity contribution in [3.05, 3.63) is 59.9 Å². The van der Waals surface area contributed by atoms with Gasteiger partial charge in [0.1, 0.15) is 6.61 Å². The molecule has 0 spiro atoms. The number of hydrogen-bond donors (Lipinski definition) is 1. The first-order valence-electron chi connectivity index (χ1n) is 5.23. The number of ether oxygens (including phenoxy) is 1. The lowest BCUT2D eigenvalue weighted by molar-refractivity contribution is 0.290. The van der Waals surface area contributed by atoms with Gasteiger partial charge in [0.25, 0.3) is 0 Å². The first-order chi connectivity index (χ1) is 8.29. The predicted octanol–water partition coefficient (Wildman–Crippen LogP) is 1.64. The summed E-state index contributed by atoms with van der Waals surface area (Å²) >= 11 is 0. The van der Waals surface area contributed by atoms with Gasteiger partial charge < -0.3 is 9.76 Å². The highest BCUT2D eigenvalue weighted by Crippen LogP contribution is 2.16. The molecule has 0 aliphatic carbocycles. The van der Waals surface area contributed by atoms with Crippen LogP contribution >= 0.6 is 0 Å². The third-order valence-corrected chi connectivity index (χ3v) is 2.34. The molecular weight excluding hydrogens is 218 g/mol. The van der Waals surface area contributed by atoms with Gasteiger partial charge in [0, 0.05) is 0 Å². The van der Waals surface area contributed by atoms with Gasteiger partial charge in [-0.2, -0.15) is 0 Å². The minimum absolute atomic E-state index is 0.180. The maximum Gasteiger partial charge on any atom is 0.326 e. The van der Waals surface area contributed by atoms with Crippen LogP contribution in [0.25, 0.3) is 0 Å². The molecule has 4 heteroatoms. The Bertz CT molecular complexity index is 488. The zero-order chi connectivity index (χ0) is 12.1. The van der Waals surface area contributed by atoms with Crippen molar-refractivity contribution in [2.75, 3.05) is 0 Å². The summed E-state index contributed by atoms with van der Waals surface area (Å²) in [5.74, 6) is -0.303. The van der Waals surface area contributed by atoms with Gasteiger partial charge in [-0.05, 0) is 17.7 Å². The normalized spacial score (nSPS) is 10.0. The van der Waals surface area contributed by atoms with Gasteiger partial charge in [-0.25, -0.2) is 4.39 Å². The SMILES string of the molecule is O[B]c1ccc(OCc2ccccc2)c(F)c1. The first-order valence-corrected chi connectivity index (χ1v) is 5.23. The van der Waals surface area contributed by atoms with E-state index in [0.717, 1.165) is 13.0 Å². The van der Waals surface area contributed by atoms with Crippen molar-refractivity contribution in [3.8, 4) is 5.75 Å².